The number of rotatable bonds is 4. The Bertz CT molecular complexity index is 570. The van der Waals surface area contributed by atoms with E-state index in [2.05, 4.69) is 5.32 Å². The molecule has 0 radical (unpaired) electrons. The number of carbonyl (C=O) groups is 2. The summed E-state index contributed by atoms with van der Waals surface area (Å²) in [5, 5.41) is 12.1. The van der Waals surface area contributed by atoms with E-state index in [1.165, 1.54) is 13.2 Å². The SMILES string of the molecule is COc1ccc(Cl)cc1C(=O)NC1C=CC(C(=O)O)C1. The first-order valence-electron chi connectivity index (χ1n) is 6.07. The Balaban J connectivity index is 2.08. The predicted molar refractivity (Wildman–Crippen MR) is 74.1 cm³/mol. The number of methoxy groups -OCH3 is 1. The lowest BCUT2D eigenvalue weighted by atomic mass is 10.1. The molecule has 0 spiro atoms. The number of carboxylic acid groups (broad SMARTS) is 1. The molecule has 2 N–H and O–H groups in total. The molecule has 2 unspecified atom stereocenters. The molecule has 1 aromatic rings. The summed E-state index contributed by atoms with van der Waals surface area (Å²) in [5.41, 5.74) is 0.326. The number of hydrogen-bond donors (Lipinski definition) is 2. The Labute approximate surface area is 121 Å². The van der Waals surface area contributed by atoms with Gasteiger partial charge < -0.3 is 15.2 Å². The standard InChI is InChI=1S/C14H14ClNO4/c1-20-12-5-3-9(15)7-11(12)13(17)16-10-4-2-8(6-10)14(18)19/h2-5,7-8,10H,6H2,1H3,(H,16,17)(H,18,19). The Morgan fingerprint density at radius 2 is 2.15 bits per heavy atom. The van der Waals surface area contributed by atoms with Crippen LogP contribution in [0.4, 0.5) is 0 Å². The molecule has 0 aromatic heterocycles. The molecule has 1 aromatic carbocycles. The smallest absolute Gasteiger partial charge is 0.310 e. The summed E-state index contributed by atoms with van der Waals surface area (Å²) in [5.74, 6) is -1.37. The summed E-state index contributed by atoms with van der Waals surface area (Å²) in [6.07, 6.45) is 3.63. The Kier molecular flexibility index (Phi) is 4.29. The topological polar surface area (TPSA) is 75.6 Å². The second kappa shape index (κ2) is 5.96. The Morgan fingerprint density at radius 3 is 2.75 bits per heavy atom. The van der Waals surface area contributed by atoms with Gasteiger partial charge in [-0.15, -0.1) is 0 Å². The highest BCUT2D eigenvalue weighted by Crippen LogP contribution is 2.24. The maximum absolute atomic E-state index is 12.2. The summed E-state index contributed by atoms with van der Waals surface area (Å²) in [7, 11) is 1.47. The fraction of sp³-hybridized carbons (Fsp3) is 0.286. The Morgan fingerprint density at radius 1 is 1.40 bits per heavy atom. The summed E-state index contributed by atoms with van der Waals surface area (Å²) in [6, 6.07) is 4.46. The molecule has 5 nitrogen and oxygen atoms in total. The van der Waals surface area contributed by atoms with Gasteiger partial charge in [0.2, 0.25) is 0 Å². The fourth-order valence-corrected chi connectivity index (χ4v) is 2.27. The zero-order valence-corrected chi connectivity index (χ0v) is 11.6. The van der Waals surface area contributed by atoms with Crippen LogP contribution in [0.25, 0.3) is 0 Å². The molecule has 0 fully saturated rings. The van der Waals surface area contributed by atoms with Crippen molar-refractivity contribution in [3.63, 3.8) is 0 Å². The molecule has 0 saturated heterocycles. The van der Waals surface area contributed by atoms with Crippen LogP contribution in [0.5, 0.6) is 5.75 Å². The van der Waals surface area contributed by atoms with Crippen LogP contribution < -0.4 is 10.1 Å². The van der Waals surface area contributed by atoms with E-state index in [9.17, 15) is 9.59 Å². The van der Waals surface area contributed by atoms with Crippen molar-refractivity contribution in [1.82, 2.24) is 5.32 Å². The summed E-state index contributed by atoms with van der Waals surface area (Å²) in [4.78, 5) is 23.0. The number of carbonyl (C=O) groups excluding carboxylic acids is 1. The van der Waals surface area contributed by atoms with Crippen LogP contribution in [0.2, 0.25) is 5.02 Å². The number of amides is 1. The van der Waals surface area contributed by atoms with Crippen LogP contribution in [0.15, 0.2) is 30.4 Å². The Hall–Kier alpha value is -2.01. The van der Waals surface area contributed by atoms with Crippen LogP contribution in [0.1, 0.15) is 16.8 Å². The van der Waals surface area contributed by atoms with Gasteiger partial charge in [-0.05, 0) is 24.6 Å². The van der Waals surface area contributed by atoms with Crippen molar-refractivity contribution in [2.24, 2.45) is 5.92 Å². The van der Waals surface area contributed by atoms with Crippen molar-refractivity contribution < 1.29 is 19.4 Å². The second-order valence-corrected chi connectivity index (χ2v) is 4.93. The van der Waals surface area contributed by atoms with Crippen molar-refractivity contribution in [2.75, 3.05) is 7.11 Å². The minimum absolute atomic E-state index is 0.299. The maximum Gasteiger partial charge on any atom is 0.310 e. The number of benzene rings is 1. The van der Waals surface area contributed by atoms with Gasteiger partial charge >= 0.3 is 5.97 Å². The molecule has 2 atom stereocenters. The van der Waals surface area contributed by atoms with Crippen molar-refractivity contribution in [3.8, 4) is 5.75 Å². The highest BCUT2D eigenvalue weighted by molar-refractivity contribution is 6.31. The molecule has 0 saturated carbocycles. The third-order valence-electron chi connectivity index (χ3n) is 3.12. The van der Waals surface area contributed by atoms with Crippen LogP contribution in [-0.4, -0.2) is 30.1 Å². The fourth-order valence-electron chi connectivity index (χ4n) is 2.09. The number of halogens is 1. The lowest BCUT2D eigenvalue weighted by Crippen LogP contribution is -2.33. The van der Waals surface area contributed by atoms with Gasteiger partial charge in [0.1, 0.15) is 5.75 Å². The monoisotopic (exact) mass is 295 g/mol. The third kappa shape index (κ3) is 3.11. The zero-order valence-electron chi connectivity index (χ0n) is 10.8. The minimum Gasteiger partial charge on any atom is -0.496 e. The van der Waals surface area contributed by atoms with Gasteiger partial charge in [-0.1, -0.05) is 23.8 Å². The van der Waals surface area contributed by atoms with Crippen molar-refractivity contribution in [1.29, 1.82) is 0 Å². The summed E-state index contributed by atoms with van der Waals surface area (Å²) < 4.78 is 5.11. The van der Waals surface area contributed by atoms with Crippen LogP contribution in [-0.2, 0) is 4.79 Å². The van der Waals surface area contributed by atoms with E-state index in [4.69, 9.17) is 21.4 Å². The molecule has 2 rings (SSSR count). The first-order chi connectivity index (χ1) is 9.51. The molecule has 1 amide bonds. The van der Waals surface area contributed by atoms with E-state index in [1.807, 2.05) is 0 Å². The van der Waals surface area contributed by atoms with E-state index in [1.54, 1.807) is 24.3 Å². The third-order valence-corrected chi connectivity index (χ3v) is 3.36. The molecule has 20 heavy (non-hydrogen) atoms. The summed E-state index contributed by atoms with van der Waals surface area (Å²) in [6.45, 7) is 0. The molecular weight excluding hydrogens is 282 g/mol. The number of carboxylic acids is 1. The molecule has 1 aliphatic rings. The van der Waals surface area contributed by atoms with Crippen LogP contribution in [0, 0.1) is 5.92 Å². The first-order valence-corrected chi connectivity index (χ1v) is 6.44. The van der Waals surface area contributed by atoms with Crippen molar-refractivity contribution in [2.45, 2.75) is 12.5 Å². The summed E-state index contributed by atoms with van der Waals surface area (Å²) >= 11 is 5.87. The predicted octanol–water partition coefficient (Wildman–Crippen LogP) is 2.11. The van der Waals surface area contributed by atoms with Gasteiger partial charge in [-0.25, -0.2) is 0 Å². The van der Waals surface area contributed by atoms with E-state index in [0.717, 1.165) is 0 Å². The quantitative estimate of drug-likeness (QED) is 0.834. The average molecular weight is 296 g/mol. The molecule has 106 valence electrons. The van der Waals surface area contributed by atoms with Gasteiger partial charge in [0.05, 0.1) is 18.6 Å². The van der Waals surface area contributed by atoms with Crippen molar-refractivity contribution >= 4 is 23.5 Å². The van der Waals surface area contributed by atoms with Crippen LogP contribution in [0.3, 0.4) is 0 Å². The molecular formula is C14H14ClNO4. The largest absolute Gasteiger partial charge is 0.496 e. The maximum atomic E-state index is 12.2. The zero-order chi connectivity index (χ0) is 14.7. The minimum atomic E-state index is -0.890. The second-order valence-electron chi connectivity index (χ2n) is 4.49. The highest BCUT2D eigenvalue weighted by Gasteiger charge is 2.26. The highest BCUT2D eigenvalue weighted by atomic mass is 35.5. The van der Waals surface area contributed by atoms with E-state index >= 15 is 0 Å². The number of ether oxygens (including phenoxy) is 1. The van der Waals surface area contributed by atoms with Crippen molar-refractivity contribution in [3.05, 3.63) is 40.9 Å². The number of hydrogen-bond acceptors (Lipinski definition) is 3. The van der Waals surface area contributed by atoms with Crippen LogP contribution >= 0.6 is 11.6 Å². The van der Waals surface area contributed by atoms with Gasteiger partial charge in [-0.3, -0.25) is 9.59 Å². The van der Waals surface area contributed by atoms with Gasteiger partial charge in [0.15, 0.2) is 0 Å². The normalized spacial score (nSPS) is 20.7. The molecule has 1 aliphatic carbocycles. The molecule has 6 heteroatoms. The number of nitrogens with one attached hydrogen (secondary N) is 1. The van der Waals surface area contributed by atoms with E-state index in [0.29, 0.717) is 22.8 Å². The lowest BCUT2D eigenvalue weighted by molar-refractivity contribution is -0.140. The van der Waals surface area contributed by atoms with Gasteiger partial charge in [-0.2, -0.15) is 0 Å². The average Bonchev–Trinajstić information content (AvgIpc) is 2.87. The number of aliphatic carboxylic acids is 1. The van der Waals surface area contributed by atoms with E-state index < -0.39 is 11.9 Å². The molecule has 0 aliphatic heterocycles. The molecule has 0 heterocycles. The first kappa shape index (κ1) is 14.4. The van der Waals surface area contributed by atoms with E-state index in [-0.39, 0.29) is 11.9 Å². The molecule has 0 bridgehead atoms. The van der Waals surface area contributed by atoms with Gasteiger partial charge in [0.25, 0.3) is 5.91 Å². The van der Waals surface area contributed by atoms with Gasteiger partial charge in [0, 0.05) is 11.1 Å². The lowest BCUT2D eigenvalue weighted by Gasteiger charge is -2.14.